The Morgan fingerprint density at radius 3 is 1.51 bits per heavy atom. The number of benzene rings is 4. The zero-order chi connectivity index (χ0) is 24.3. The molecule has 2 atom stereocenters. The summed E-state index contributed by atoms with van der Waals surface area (Å²) in [6, 6.07) is 41.0. The lowest BCUT2D eigenvalue weighted by molar-refractivity contribution is -0.130. The first-order valence-corrected chi connectivity index (χ1v) is 12.1. The molecule has 0 spiro atoms. The fourth-order valence-corrected chi connectivity index (χ4v) is 5.20. The maximum absolute atomic E-state index is 13.7. The standard InChI is InChI=1S/C32H30N2O/c1-34(2)31(35)30(33-29(24-15-7-3-8-16-24)25-17-9-4-10-18-25)28-23-32(28,26-19-11-5-12-20-26)27-21-13-6-14-22-27/h3-22,28,30H,23H2,1-2H3. The van der Waals surface area contributed by atoms with Gasteiger partial charge in [0.15, 0.2) is 0 Å². The number of hydrogen-bond acceptors (Lipinski definition) is 2. The summed E-state index contributed by atoms with van der Waals surface area (Å²) in [5, 5.41) is 0. The molecule has 3 nitrogen and oxygen atoms in total. The molecule has 35 heavy (non-hydrogen) atoms. The van der Waals surface area contributed by atoms with Gasteiger partial charge in [-0.05, 0) is 17.5 Å². The Bertz CT molecular complexity index is 1220. The van der Waals surface area contributed by atoms with E-state index < -0.39 is 6.04 Å². The molecular formula is C32H30N2O. The van der Waals surface area contributed by atoms with E-state index in [2.05, 4.69) is 72.8 Å². The van der Waals surface area contributed by atoms with Crippen molar-refractivity contribution in [2.75, 3.05) is 14.1 Å². The molecule has 1 aliphatic carbocycles. The van der Waals surface area contributed by atoms with Crippen LogP contribution in [0.15, 0.2) is 126 Å². The van der Waals surface area contributed by atoms with Crippen molar-refractivity contribution in [1.82, 2.24) is 4.90 Å². The zero-order valence-corrected chi connectivity index (χ0v) is 20.2. The third kappa shape index (κ3) is 4.42. The lowest BCUT2D eigenvalue weighted by atomic mass is 9.84. The van der Waals surface area contributed by atoms with Gasteiger partial charge >= 0.3 is 0 Å². The Labute approximate surface area is 207 Å². The highest BCUT2D eigenvalue weighted by molar-refractivity contribution is 6.13. The number of amides is 1. The van der Waals surface area contributed by atoms with Crippen LogP contribution in [-0.2, 0) is 10.2 Å². The molecule has 3 heteroatoms. The van der Waals surface area contributed by atoms with E-state index in [1.165, 1.54) is 11.1 Å². The normalized spacial score (nSPS) is 16.7. The minimum atomic E-state index is -0.499. The molecule has 0 bridgehead atoms. The van der Waals surface area contributed by atoms with E-state index >= 15 is 0 Å². The predicted molar refractivity (Wildman–Crippen MR) is 143 cm³/mol. The van der Waals surface area contributed by atoms with Crippen molar-refractivity contribution in [2.24, 2.45) is 10.9 Å². The van der Waals surface area contributed by atoms with Crippen LogP contribution in [0, 0.1) is 5.92 Å². The van der Waals surface area contributed by atoms with E-state index in [-0.39, 0.29) is 17.2 Å². The summed E-state index contributed by atoms with van der Waals surface area (Å²) < 4.78 is 0. The van der Waals surface area contributed by atoms with Gasteiger partial charge in [0.05, 0.1) is 5.71 Å². The molecule has 4 aromatic rings. The van der Waals surface area contributed by atoms with Crippen molar-refractivity contribution < 1.29 is 4.79 Å². The highest BCUT2D eigenvalue weighted by atomic mass is 16.2. The first-order valence-electron chi connectivity index (χ1n) is 12.1. The zero-order valence-electron chi connectivity index (χ0n) is 20.2. The second-order valence-corrected chi connectivity index (χ2v) is 9.40. The number of likely N-dealkylation sites (N-methyl/N-ethyl adjacent to an activating group) is 1. The van der Waals surface area contributed by atoms with E-state index in [4.69, 9.17) is 4.99 Å². The number of carbonyl (C=O) groups excluding carboxylic acids is 1. The molecule has 1 saturated carbocycles. The van der Waals surface area contributed by atoms with Gasteiger partial charge in [0.1, 0.15) is 6.04 Å². The Kier molecular flexibility index (Phi) is 6.33. The van der Waals surface area contributed by atoms with Crippen molar-refractivity contribution in [2.45, 2.75) is 17.9 Å². The smallest absolute Gasteiger partial charge is 0.247 e. The molecule has 1 fully saturated rings. The van der Waals surface area contributed by atoms with E-state index in [0.29, 0.717) is 0 Å². The molecule has 0 aliphatic heterocycles. The summed E-state index contributed by atoms with van der Waals surface area (Å²) in [6.07, 6.45) is 0.881. The molecule has 0 heterocycles. The number of rotatable bonds is 7. The molecule has 5 rings (SSSR count). The third-order valence-electron chi connectivity index (χ3n) is 7.03. The molecular weight excluding hydrogens is 428 g/mol. The molecule has 2 unspecified atom stereocenters. The molecule has 0 radical (unpaired) electrons. The summed E-state index contributed by atoms with van der Waals surface area (Å²) in [5.74, 6) is 0.0951. The topological polar surface area (TPSA) is 32.7 Å². The van der Waals surface area contributed by atoms with Crippen LogP contribution in [0.1, 0.15) is 28.7 Å². The van der Waals surface area contributed by atoms with E-state index in [9.17, 15) is 4.79 Å². The van der Waals surface area contributed by atoms with Gasteiger partial charge in [-0.2, -0.15) is 0 Å². The fraction of sp³-hybridized carbons (Fsp3) is 0.188. The Hall–Kier alpha value is -3.98. The second kappa shape index (κ2) is 9.71. The van der Waals surface area contributed by atoms with Gasteiger partial charge in [0, 0.05) is 36.6 Å². The predicted octanol–water partition coefficient (Wildman–Crippen LogP) is 5.99. The minimum Gasteiger partial charge on any atom is -0.347 e. The van der Waals surface area contributed by atoms with Gasteiger partial charge in [-0.15, -0.1) is 0 Å². The monoisotopic (exact) mass is 458 g/mol. The number of aliphatic imine (C=N–C) groups is 1. The summed E-state index contributed by atoms with van der Waals surface area (Å²) >= 11 is 0. The van der Waals surface area contributed by atoms with Crippen LogP contribution in [0.25, 0.3) is 0 Å². The van der Waals surface area contributed by atoms with E-state index in [1.54, 1.807) is 4.90 Å². The van der Waals surface area contributed by atoms with E-state index in [1.807, 2.05) is 62.6 Å². The Morgan fingerprint density at radius 1 is 0.714 bits per heavy atom. The average Bonchev–Trinajstić information content (AvgIpc) is 3.67. The molecule has 1 amide bonds. The SMILES string of the molecule is CN(C)C(=O)C(N=C(c1ccccc1)c1ccccc1)C1CC1(c1ccccc1)c1ccccc1. The quantitative estimate of drug-likeness (QED) is 0.313. The Balaban J connectivity index is 1.66. The van der Waals surface area contributed by atoms with Crippen molar-refractivity contribution in [3.05, 3.63) is 144 Å². The van der Waals surface area contributed by atoms with Gasteiger partial charge < -0.3 is 4.90 Å². The second-order valence-electron chi connectivity index (χ2n) is 9.40. The third-order valence-corrected chi connectivity index (χ3v) is 7.03. The summed E-state index contributed by atoms with van der Waals surface area (Å²) in [6.45, 7) is 0. The van der Waals surface area contributed by atoms with Crippen LogP contribution in [0.5, 0.6) is 0 Å². The molecule has 1 aliphatic rings. The summed E-state index contributed by atoms with van der Waals surface area (Å²) in [4.78, 5) is 20.6. The fourth-order valence-electron chi connectivity index (χ4n) is 5.20. The van der Waals surface area contributed by atoms with Gasteiger partial charge in [0.25, 0.3) is 0 Å². The lowest BCUT2D eigenvalue weighted by Gasteiger charge is -2.24. The van der Waals surface area contributed by atoms with E-state index in [0.717, 1.165) is 23.3 Å². The van der Waals surface area contributed by atoms with Crippen molar-refractivity contribution in [3.8, 4) is 0 Å². The first kappa shape index (κ1) is 22.8. The van der Waals surface area contributed by atoms with Gasteiger partial charge in [-0.25, -0.2) is 0 Å². The maximum Gasteiger partial charge on any atom is 0.247 e. The van der Waals surface area contributed by atoms with Crippen molar-refractivity contribution in [1.29, 1.82) is 0 Å². The summed E-state index contributed by atoms with van der Waals surface area (Å²) in [5.41, 5.74) is 5.13. The van der Waals surface area contributed by atoms with Crippen LogP contribution in [0.4, 0.5) is 0 Å². The van der Waals surface area contributed by atoms with Crippen LogP contribution < -0.4 is 0 Å². The molecule has 0 saturated heterocycles. The molecule has 0 N–H and O–H groups in total. The number of hydrogen-bond donors (Lipinski definition) is 0. The van der Waals surface area contributed by atoms with Crippen LogP contribution in [0.2, 0.25) is 0 Å². The van der Waals surface area contributed by atoms with Crippen molar-refractivity contribution >= 4 is 11.6 Å². The highest BCUT2D eigenvalue weighted by Crippen LogP contribution is 2.61. The first-order chi connectivity index (χ1) is 17.1. The highest BCUT2D eigenvalue weighted by Gasteiger charge is 2.61. The largest absolute Gasteiger partial charge is 0.347 e. The van der Waals surface area contributed by atoms with Gasteiger partial charge in [-0.3, -0.25) is 9.79 Å². The van der Waals surface area contributed by atoms with Crippen molar-refractivity contribution in [3.63, 3.8) is 0 Å². The summed E-state index contributed by atoms with van der Waals surface area (Å²) in [7, 11) is 3.65. The minimum absolute atomic E-state index is 0.0353. The lowest BCUT2D eigenvalue weighted by Crippen LogP contribution is -2.37. The Morgan fingerprint density at radius 2 is 1.11 bits per heavy atom. The van der Waals surface area contributed by atoms with Crippen LogP contribution >= 0.6 is 0 Å². The van der Waals surface area contributed by atoms with Gasteiger partial charge in [0.2, 0.25) is 5.91 Å². The molecule has 0 aromatic heterocycles. The van der Waals surface area contributed by atoms with Crippen LogP contribution in [0.3, 0.4) is 0 Å². The number of nitrogens with zero attached hydrogens (tertiary/aromatic N) is 2. The number of carbonyl (C=O) groups is 1. The molecule has 4 aromatic carbocycles. The van der Waals surface area contributed by atoms with Crippen LogP contribution in [-0.4, -0.2) is 36.7 Å². The molecule has 174 valence electrons. The van der Waals surface area contributed by atoms with Gasteiger partial charge in [-0.1, -0.05) is 121 Å². The maximum atomic E-state index is 13.7. The average molecular weight is 459 g/mol.